The van der Waals surface area contributed by atoms with E-state index in [1.54, 1.807) is 7.05 Å². The molecule has 9 heteroatoms. The average Bonchev–Trinajstić information content (AvgIpc) is 2.73. The lowest BCUT2D eigenvalue weighted by Gasteiger charge is -2.08. The van der Waals surface area contributed by atoms with Gasteiger partial charge in [-0.05, 0) is 12.1 Å². The fourth-order valence-electron chi connectivity index (χ4n) is 1.36. The zero-order valence-electron chi connectivity index (χ0n) is 9.63. The van der Waals surface area contributed by atoms with Gasteiger partial charge in [0.2, 0.25) is 0 Å². The number of halogens is 2. The SMILES string of the molecule is Cn1cnc(S(=O)(=O)Nc2cc(Cl)c(O)c(Cl)c2)c1. The second-order valence-electron chi connectivity index (χ2n) is 3.77. The van der Waals surface area contributed by atoms with Crippen LogP contribution in [0.3, 0.4) is 0 Å². The van der Waals surface area contributed by atoms with E-state index in [2.05, 4.69) is 9.71 Å². The van der Waals surface area contributed by atoms with Crippen molar-refractivity contribution in [3.8, 4) is 5.75 Å². The van der Waals surface area contributed by atoms with Crippen LogP contribution in [0.2, 0.25) is 10.0 Å². The molecule has 6 nitrogen and oxygen atoms in total. The van der Waals surface area contributed by atoms with Crippen LogP contribution in [0.1, 0.15) is 0 Å². The van der Waals surface area contributed by atoms with Gasteiger partial charge in [0.05, 0.1) is 22.1 Å². The smallest absolute Gasteiger partial charge is 0.280 e. The Morgan fingerprint density at radius 1 is 1.32 bits per heavy atom. The molecule has 0 unspecified atom stereocenters. The van der Waals surface area contributed by atoms with E-state index in [-0.39, 0.29) is 26.5 Å². The Hall–Kier alpha value is -1.44. The standard InChI is InChI=1S/C10H9Cl2N3O3S/c1-15-4-9(13-5-15)19(17,18)14-6-2-7(11)10(16)8(12)3-6/h2-5,14,16H,1H3. The van der Waals surface area contributed by atoms with Crippen LogP contribution in [0.5, 0.6) is 5.75 Å². The highest BCUT2D eigenvalue weighted by Gasteiger charge is 2.18. The molecule has 2 aromatic rings. The number of nitrogens with one attached hydrogen (secondary N) is 1. The van der Waals surface area contributed by atoms with Crippen molar-refractivity contribution >= 4 is 38.9 Å². The average molecular weight is 322 g/mol. The Morgan fingerprint density at radius 2 is 1.89 bits per heavy atom. The zero-order chi connectivity index (χ0) is 14.2. The molecule has 0 atom stereocenters. The number of rotatable bonds is 3. The van der Waals surface area contributed by atoms with E-state index in [9.17, 15) is 13.5 Å². The molecule has 0 aliphatic carbocycles. The van der Waals surface area contributed by atoms with Crippen molar-refractivity contribution in [1.82, 2.24) is 9.55 Å². The molecule has 0 radical (unpaired) electrons. The molecule has 1 aromatic carbocycles. The van der Waals surface area contributed by atoms with E-state index in [0.29, 0.717) is 0 Å². The van der Waals surface area contributed by atoms with Crippen LogP contribution in [0.15, 0.2) is 29.7 Å². The fourth-order valence-corrected chi connectivity index (χ4v) is 2.87. The third-order valence-electron chi connectivity index (χ3n) is 2.23. The van der Waals surface area contributed by atoms with Gasteiger partial charge in [-0.15, -0.1) is 0 Å². The second kappa shape index (κ2) is 4.92. The lowest BCUT2D eigenvalue weighted by atomic mass is 10.3. The predicted molar refractivity (Wildman–Crippen MR) is 72.1 cm³/mol. The van der Waals surface area contributed by atoms with Crippen LogP contribution >= 0.6 is 23.2 Å². The molecule has 1 heterocycles. The number of nitrogens with zero attached hydrogens (tertiary/aromatic N) is 2. The summed E-state index contributed by atoms with van der Waals surface area (Å²) < 4.78 is 27.8. The molecule has 0 aliphatic heterocycles. The number of anilines is 1. The summed E-state index contributed by atoms with van der Waals surface area (Å²) in [5, 5.41) is 9.16. The van der Waals surface area contributed by atoms with Crippen LogP contribution in [-0.2, 0) is 17.1 Å². The monoisotopic (exact) mass is 321 g/mol. The van der Waals surface area contributed by atoms with Crippen LogP contribution in [0.4, 0.5) is 5.69 Å². The van der Waals surface area contributed by atoms with Gasteiger partial charge >= 0.3 is 0 Å². The van der Waals surface area contributed by atoms with Crippen LogP contribution in [0, 0.1) is 0 Å². The van der Waals surface area contributed by atoms with Gasteiger partial charge in [0.25, 0.3) is 10.0 Å². The van der Waals surface area contributed by atoms with Crippen molar-refractivity contribution in [3.05, 3.63) is 34.7 Å². The van der Waals surface area contributed by atoms with Crippen molar-refractivity contribution in [3.63, 3.8) is 0 Å². The van der Waals surface area contributed by atoms with E-state index < -0.39 is 10.0 Å². The number of benzene rings is 1. The first-order valence-electron chi connectivity index (χ1n) is 4.98. The number of aryl methyl sites for hydroxylation is 1. The lowest BCUT2D eigenvalue weighted by molar-refractivity contribution is 0.476. The molecule has 0 spiro atoms. The Bertz CT molecular complexity index is 704. The molecule has 2 N–H and O–H groups in total. The van der Waals surface area contributed by atoms with Crippen LogP contribution < -0.4 is 4.72 Å². The van der Waals surface area contributed by atoms with E-state index >= 15 is 0 Å². The molecule has 19 heavy (non-hydrogen) atoms. The van der Waals surface area contributed by atoms with Crippen molar-refractivity contribution in [2.75, 3.05) is 4.72 Å². The van der Waals surface area contributed by atoms with Gasteiger partial charge in [-0.3, -0.25) is 4.72 Å². The molecule has 0 amide bonds. The quantitative estimate of drug-likeness (QED) is 0.849. The number of hydrogen-bond donors (Lipinski definition) is 2. The summed E-state index contributed by atoms with van der Waals surface area (Å²) in [6.45, 7) is 0. The largest absolute Gasteiger partial charge is 0.505 e. The summed E-state index contributed by atoms with van der Waals surface area (Å²) in [7, 11) is -2.17. The lowest BCUT2D eigenvalue weighted by Crippen LogP contribution is -2.13. The molecule has 2 rings (SSSR count). The van der Waals surface area contributed by atoms with Gasteiger partial charge < -0.3 is 9.67 Å². The van der Waals surface area contributed by atoms with E-state index in [1.807, 2.05) is 0 Å². The maximum atomic E-state index is 12.0. The Morgan fingerprint density at radius 3 is 2.37 bits per heavy atom. The zero-order valence-corrected chi connectivity index (χ0v) is 12.0. The number of aromatic nitrogens is 2. The van der Waals surface area contributed by atoms with Crippen molar-refractivity contribution in [1.29, 1.82) is 0 Å². The third-order valence-corrected chi connectivity index (χ3v) is 4.07. The fraction of sp³-hybridized carbons (Fsp3) is 0.100. The van der Waals surface area contributed by atoms with Gasteiger partial charge in [-0.2, -0.15) is 8.42 Å². The summed E-state index contributed by atoms with van der Waals surface area (Å²) in [5.74, 6) is -0.302. The highest BCUT2D eigenvalue weighted by atomic mass is 35.5. The number of sulfonamides is 1. The first-order chi connectivity index (χ1) is 8.79. The summed E-state index contributed by atoms with van der Waals surface area (Å²) in [6.07, 6.45) is 2.72. The third kappa shape index (κ3) is 2.94. The molecule has 1 aromatic heterocycles. The maximum Gasteiger partial charge on any atom is 0.280 e. The summed E-state index contributed by atoms with van der Waals surface area (Å²) >= 11 is 11.4. The second-order valence-corrected chi connectivity index (χ2v) is 6.22. The minimum Gasteiger partial charge on any atom is -0.505 e. The molecule has 0 saturated carbocycles. The Balaban J connectivity index is 2.36. The molecule has 102 valence electrons. The first kappa shape index (κ1) is 14.0. The molecule has 0 saturated heterocycles. The highest BCUT2D eigenvalue weighted by Crippen LogP contribution is 2.35. The number of phenolic OH excluding ortho intramolecular Hbond substituents is 1. The number of aromatic hydroxyl groups is 1. The highest BCUT2D eigenvalue weighted by molar-refractivity contribution is 7.92. The summed E-state index contributed by atoms with van der Waals surface area (Å²) in [5.41, 5.74) is 0.137. The molecule has 0 aliphatic rings. The normalized spacial score (nSPS) is 11.5. The molecule has 0 fully saturated rings. The first-order valence-corrected chi connectivity index (χ1v) is 7.22. The van der Waals surface area contributed by atoms with Crippen molar-refractivity contribution in [2.45, 2.75) is 5.03 Å². The van der Waals surface area contributed by atoms with Gasteiger partial charge in [-0.1, -0.05) is 23.2 Å². The van der Waals surface area contributed by atoms with E-state index in [4.69, 9.17) is 23.2 Å². The van der Waals surface area contributed by atoms with Gasteiger partial charge in [0.1, 0.15) is 0 Å². The summed E-state index contributed by atoms with van der Waals surface area (Å²) in [6, 6.07) is 2.51. The topological polar surface area (TPSA) is 84.2 Å². The van der Waals surface area contributed by atoms with Gasteiger partial charge in [0.15, 0.2) is 10.8 Å². The minimum absolute atomic E-state index is 0.0498. The van der Waals surface area contributed by atoms with E-state index in [0.717, 1.165) is 0 Å². The number of hydrogen-bond acceptors (Lipinski definition) is 4. The van der Waals surface area contributed by atoms with Gasteiger partial charge in [-0.25, -0.2) is 4.98 Å². The van der Waals surface area contributed by atoms with E-state index in [1.165, 1.54) is 29.2 Å². The van der Waals surface area contributed by atoms with Gasteiger partial charge in [0, 0.05) is 13.2 Å². The summed E-state index contributed by atoms with van der Waals surface area (Å²) in [4.78, 5) is 3.74. The van der Waals surface area contributed by atoms with Crippen LogP contribution in [0.25, 0.3) is 0 Å². The van der Waals surface area contributed by atoms with Crippen molar-refractivity contribution < 1.29 is 13.5 Å². The number of phenols is 1. The van der Waals surface area contributed by atoms with Crippen molar-refractivity contribution in [2.24, 2.45) is 7.05 Å². The molecular formula is C10H9Cl2N3O3S. The Labute approximate surface area is 119 Å². The maximum absolute atomic E-state index is 12.0. The molecular weight excluding hydrogens is 313 g/mol. The Kier molecular flexibility index (Phi) is 3.62. The van der Waals surface area contributed by atoms with Crippen LogP contribution in [-0.4, -0.2) is 23.1 Å². The minimum atomic E-state index is -3.82. The molecule has 0 bridgehead atoms. The predicted octanol–water partition coefficient (Wildman–Crippen LogP) is 2.23. The number of imidazole rings is 1.